The van der Waals surface area contributed by atoms with Crippen molar-refractivity contribution in [1.29, 1.82) is 0 Å². The molecule has 2 rings (SSSR count). The predicted octanol–water partition coefficient (Wildman–Crippen LogP) is 2.43. The third kappa shape index (κ3) is 3.71. The summed E-state index contributed by atoms with van der Waals surface area (Å²) in [7, 11) is 4.29. The van der Waals surface area contributed by atoms with E-state index in [4.69, 9.17) is 0 Å². The topological polar surface area (TPSA) is 18.5 Å². The standard InChI is InChI=1S/C16H27N3/c1-5-19(13(2)11-18(3)4)12-14-6-7-15-8-9-17-16(15)10-14/h6-7,10,13,17H,5,8-9,11-12H2,1-4H3. The Labute approximate surface area is 117 Å². The largest absolute Gasteiger partial charge is 0.384 e. The van der Waals surface area contributed by atoms with Gasteiger partial charge in [-0.2, -0.15) is 0 Å². The first-order valence-corrected chi connectivity index (χ1v) is 7.34. The van der Waals surface area contributed by atoms with E-state index in [2.05, 4.69) is 61.3 Å². The molecule has 0 fully saturated rings. The van der Waals surface area contributed by atoms with E-state index in [-0.39, 0.29) is 0 Å². The van der Waals surface area contributed by atoms with Crippen molar-refractivity contribution in [3.8, 4) is 0 Å². The van der Waals surface area contributed by atoms with Crippen LogP contribution in [0.3, 0.4) is 0 Å². The first-order chi connectivity index (χ1) is 9.10. The van der Waals surface area contributed by atoms with Gasteiger partial charge in [-0.3, -0.25) is 4.90 Å². The fraction of sp³-hybridized carbons (Fsp3) is 0.625. The quantitative estimate of drug-likeness (QED) is 0.848. The highest BCUT2D eigenvalue weighted by atomic mass is 15.2. The average Bonchev–Trinajstić information content (AvgIpc) is 2.82. The second-order valence-corrected chi connectivity index (χ2v) is 5.84. The monoisotopic (exact) mass is 261 g/mol. The third-order valence-corrected chi connectivity index (χ3v) is 3.93. The van der Waals surface area contributed by atoms with E-state index in [1.165, 1.54) is 23.2 Å². The number of hydrogen-bond acceptors (Lipinski definition) is 3. The molecule has 0 saturated carbocycles. The number of hydrogen-bond donors (Lipinski definition) is 1. The van der Waals surface area contributed by atoms with Crippen molar-refractivity contribution in [3.05, 3.63) is 29.3 Å². The van der Waals surface area contributed by atoms with Crippen LogP contribution in [0.15, 0.2) is 18.2 Å². The predicted molar refractivity (Wildman–Crippen MR) is 82.7 cm³/mol. The third-order valence-electron chi connectivity index (χ3n) is 3.93. The zero-order valence-electron chi connectivity index (χ0n) is 12.7. The summed E-state index contributed by atoms with van der Waals surface area (Å²) in [5.41, 5.74) is 4.22. The number of fused-ring (bicyclic) bond motifs is 1. The Hall–Kier alpha value is -1.06. The molecule has 3 nitrogen and oxygen atoms in total. The molecule has 1 aliphatic heterocycles. The first kappa shape index (κ1) is 14.4. The lowest BCUT2D eigenvalue weighted by Gasteiger charge is -2.30. The van der Waals surface area contributed by atoms with Crippen molar-refractivity contribution in [2.24, 2.45) is 0 Å². The molecular weight excluding hydrogens is 234 g/mol. The number of rotatable bonds is 6. The summed E-state index contributed by atoms with van der Waals surface area (Å²) in [6, 6.07) is 7.49. The lowest BCUT2D eigenvalue weighted by Crippen LogP contribution is -2.39. The van der Waals surface area contributed by atoms with E-state index in [0.717, 1.165) is 26.2 Å². The molecule has 0 radical (unpaired) electrons. The molecule has 19 heavy (non-hydrogen) atoms. The molecule has 1 N–H and O–H groups in total. The molecule has 0 aliphatic carbocycles. The minimum absolute atomic E-state index is 0.584. The number of likely N-dealkylation sites (N-methyl/N-ethyl adjacent to an activating group) is 2. The number of benzene rings is 1. The molecule has 0 aromatic heterocycles. The summed E-state index contributed by atoms with van der Waals surface area (Å²) in [6.45, 7) is 8.90. The van der Waals surface area contributed by atoms with Crippen molar-refractivity contribution in [2.75, 3.05) is 39.0 Å². The zero-order valence-corrected chi connectivity index (χ0v) is 12.7. The van der Waals surface area contributed by atoms with Gasteiger partial charge >= 0.3 is 0 Å². The fourth-order valence-corrected chi connectivity index (χ4v) is 2.89. The maximum atomic E-state index is 3.47. The highest BCUT2D eigenvalue weighted by Crippen LogP contribution is 2.24. The second kappa shape index (κ2) is 6.40. The maximum Gasteiger partial charge on any atom is 0.0376 e. The minimum atomic E-state index is 0.584. The summed E-state index contributed by atoms with van der Waals surface area (Å²) >= 11 is 0. The Morgan fingerprint density at radius 1 is 1.32 bits per heavy atom. The summed E-state index contributed by atoms with van der Waals surface area (Å²) in [6.07, 6.45) is 1.17. The van der Waals surface area contributed by atoms with Crippen LogP contribution in [0.2, 0.25) is 0 Å². The molecule has 0 spiro atoms. The fourth-order valence-electron chi connectivity index (χ4n) is 2.89. The zero-order chi connectivity index (χ0) is 13.8. The Bertz CT molecular complexity index is 414. The van der Waals surface area contributed by atoms with Gasteiger partial charge in [0.25, 0.3) is 0 Å². The van der Waals surface area contributed by atoms with E-state index in [0.29, 0.717) is 6.04 Å². The molecule has 1 atom stereocenters. The van der Waals surface area contributed by atoms with E-state index >= 15 is 0 Å². The van der Waals surface area contributed by atoms with Gasteiger partial charge in [0.1, 0.15) is 0 Å². The molecule has 1 aliphatic rings. The van der Waals surface area contributed by atoms with Gasteiger partial charge in [0.15, 0.2) is 0 Å². The van der Waals surface area contributed by atoms with Gasteiger partial charge in [-0.05, 0) is 51.2 Å². The van der Waals surface area contributed by atoms with Crippen LogP contribution in [0, 0.1) is 0 Å². The van der Waals surface area contributed by atoms with Crippen LogP contribution in [-0.2, 0) is 13.0 Å². The van der Waals surface area contributed by atoms with Crippen LogP contribution in [0.1, 0.15) is 25.0 Å². The van der Waals surface area contributed by atoms with Crippen molar-refractivity contribution in [3.63, 3.8) is 0 Å². The second-order valence-electron chi connectivity index (χ2n) is 5.84. The minimum Gasteiger partial charge on any atom is -0.384 e. The van der Waals surface area contributed by atoms with E-state index in [9.17, 15) is 0 Å². The first-order valence-electron chi connectivity index (χ1n) is 7.34. The summed E-state index contributed by atoms with van der Waals surface area (Å²) in [5, 5.41) is 3.47. The molecule has 0 amide bonds. The van der Waals surface area contributed by atoms with E-state index < -0.39 is 0 Å². The van der Waals surface area contributed by atoms with E-state index in [1.807, 2.05) is 0 Å². The maximum absolute atomic E-state index is 3.47. The van der Waals surface area contributed by atoms with Crippen molar-refractivity contribution < 1.29 is 0 Å². The Kier molecular flexibility index (Phi) is 4.83. The molecule has 1 aromatic carbocycles. The van der Waals surface area contributed by atoms with E-state index in [1.54, 1.807) is 0 Å². The van der Waals surface area contributed by atoms with Crippen LogP contribution in [0.25, 0.3) is 0 Å². The van der Waals surface area contributed by atoms with Crippen LogP contribution < -0.4 is 5.32 Å². The van der Waals surface area contributed by atoms with Gasteiger partial charge in [-0.15, -0.1) is 0 Å². The van der Waals surface area contributed by atoms with Crippen LogP contribution in [0.5, 0.6) is 0 Å². The van der Waals surface area contributed by atoms with Crippen molar-refractivity contribution in [1.82, 2.24) is 9.80 Å². The van der Waals surface area contributed by atoms with Gasteiger partial charge in [-0.1, -0.05) is 19.1 Å². The Morgan fingerprint density at radius 3 is 2.79 bits per heavy atom. The van der Waals surface area contributed by atoms with Crippen LogP contribution in [-0.4, -0.2) is 49.6 Å². The van der Waals surface area contributed by atoms with Gasteiger partial charge in [0.2, 0.25) is 0 Å². The number of anilines is 1. The SMILES string of the molecule is CCN(Cc1ccc2c(c1)NCC2)C(C)CN(C)C. The molecule has 1 aromatic rings. The molecule has 106 valence electrons. The molecule has 0 bridgehead atoms. The van der Waals surface area contributed by atoms with Gasteiger partial charge in [0.05, 0.1) is 0 Å². The van der Waals surface area contributed by atoms with Gasteiger partial charge in [0, 0.05) is 31.4 Å². The van der Waals surface area contributed by atoms with Crippen LogP contribution >= 0.6 is 0 Å². The average molecular weight is 261 g/mol. The van der Waals surface area contributed by atoms with Gasteiger partial charge < -0.3 is 10.2 Å². The summed E-state index contributed by atoms with van der Waals surface area (Å²) in [5.74, 6) is 0. The summed E-state index contributed by atoms with van der Waals surface area (Å²) < 4.78 is 0. The highest BCUT2D eigenvalue weighted by Gasteiger charge is 2.15. The Balaban J connectivity index is 2.01. The number of nitrogens with zero attached hydrogens (tertiary/aromatic N) is 2. The molecule has 1 heterocycles. The molecule has 1 unspecified atom stereocenters. The molecule has 3 heteroatoms. The summed E-state index contributed by atoms with van der Waals surface area (Å²) in [4.78, 5) is 4.80. The van der Waals surface area contributed by atoms with Crippen molar-refractivity contribution >= 4 is 5.69 Å². The highest BCUT2D eigenvalue weighted by molar-refractivity contribution is 5.57. The van der Waals surface area contributed by atoms with Gasteiger partial charge in [-0.25, -0.2) is 0 Å². The smallest absolute Gasteiger partial charge is 0.0376 e. The molecular formula is C16H27N3. The normalized spacial score (nSPS) is 15.7. The number of nitrogens with one attached hydrogen (secondary N) is 1. The lowest BCUT2D eigenvalue weighted by molar-refractivity contribution is 0.174. The molecule has 0 saturated heterocycles. The lowest BCUT2D eigenvalue weighted by atomic mass is 10.1. The Morgan fingerprint density at radius 2 is 2.11 bits per heavy atom. The van der Waals surface area contributed by atoms with Crippen LogP contribution in [0.4, 0.5) is 5.69 Å². The van der Waals surface area contributed by atoms with Crippen molar-refractivity contribution in [2.45, 2.75) is 32.9 Å².